The second kappa shape index (κ2) is 14.0. The first kappa shape index (κ1) is 35.2. The summed E-state index contributed by atoms with van der Waals surface area (Å²) < 4.78 is 10.7. The molecule has 6 nitrogen and oxygen atoms in total. The van der Waals surface area contributed by atoms with E-state index < -0.39 is 0 Å². The van der Waals surface area contributed by atoms with Gasteiger partial charge in [0.25, 0.3) is 0 Å². The zero-order chi connectivity index (χ0) is 41.4. The van der Waals surface area contributed by atoms with E-state index in [0.29, 0.717) is 17.7 Å². The number of para-hydroxylation sites is 3. The van der Waals surface area contributed by atoms with Crippen LogP contribution in [0.3, 0.4) is 0 Å². The van der Waals surface area contributed by atoms with Crippen molar-refractivity contribution in [3.8, 4) is 56.7 Å². The van der Waals surface area contributed by atoms with Crippen LogP contribution in [0.15, 0.2) is 217 Å². The highest BCUT2D eigenvalue weighted by Gasteiger charge is 2.22. The maximum atomic E-state index is 6.32. The van der Waals surface area contributed by atoms with Gasteiger partial charge in [-0.25, -0.2) is 0 Å². The number of aromatic nitrogens is 5. The molecule has 0 saturated carbocycles. The molecule has 0 aliphatic carbocycles. The van der Waals surface area contributed by atoms with Crippen molar-refractivity contribution in [1.29, 1.82) is 0 Å². The van der Waals surface area contributed by atoms with Crippen molar-refractivity contribution in [2.24, 2.45) is 0 Å². The Labute approximate surface area is 361 Å². The van der Waals surface area contributed by atoms with Crippen LogP contribution in [0.4, 0.5) is 0 Å². The van der Waals surface area contributed by atoms with Crippen LogP contribution in [0, 0.1) is 0 Å². The molecule has 0 saturated heterocycles. The summed E-state index contributed by atoms with van der Waals surface area (Å²) in [5, 5.41) is 6.67. The lowest BCUT2D eigenvalue weighted by Crippen LogP contribution is -2.10. The Morgan fingerprint density at radius 1 is 0.302 bits per heavy atom. The fourth-order valence-corrected chi connectivity index (χ4v) is 9.52. The van der Waals surface area contributed by atoms with Crippen molar-refractivity contribution in [2.75, 3.05) is 0 Å². The van der Waals surface area contributed by atoms with Gasteiger partial charge in [-0.1, -0.05) is 170 Å². The Hall–Kier alpha value is -8.61. The Balaban J connectivity index is 1.10. The largest absolute Gasteiger partial charge is 0.456 e. The van der Waals surface area contributed by atoms with Gasteiger partial charge in [-0.3, -0.25) is 9.13 Å². The predicted octanol–water partition coefficient (Wildman–Crippen LogP) is 14.6. The molecule has 0 unspecified atom stereocenters. The molecule has 0 aliphatic heterocycles. The monoisotopic (exact) mass is 805 g/mol. The number of fused-ring (bicyclic) bond motifs is 9. The molecule has 13 aromatic rings. The lowest BCUT2D eigenvalue weighted by molar-refractivity contribution is 0.669. The lowest BCUT2D eigenvalue weighted by atomic mass is 9.98. The van der Waals surface area contributed by atoms with Crippen LogP contribution in [-0.2, 0) is 0 Å². The average molecular weight is 806 g/mol. The molecule has 9 aromatic carbocycles. The first-order chi connectivity index (χ1) is 31.2. The SMILES string of the molecule is c1ccc(-c2ccc3c4ccccc4n(-c4nc(-c5cccc(-c6cccc7oc8ccccc8c67)c5)nc(-n5c6ccccc6c6ccc(-c7ccccc7)cc65)n4)c3c2)cc1. The Kier molecular flexibility index (Phi) is 7.80. The van der Waals surface area contributed by atoms with Gasteiger partial charge in [0.1, 0.15) is 11.2 Å². The maximum Gasteiger partial charge on any atom is 0.240 e. The molecule has 13 rings (SSSR count). The molecule has 0 fully saturated rings. The van der Waals surface area contributed by atoms with E-state index in [4.69, 9.17) is 19.4 Å². The third kappa shape index (κ3) is 5.62. The molecule has 0 aliphatic rings. The summed E-state index contributed by atoms with van der Waals surface area (Å²) in [6.07, 6.45) is 0. The van der Waals surface area contributed by atoms with Crippen LogP contribution in [0.1, 0.15) is 0 Å². The van der Waals surface area contributed by atoms with Gasteiger partial charge >= 0.3 is 0 Å². The topological polar surface area (TPSA) is 61.7 Å². The fourth-order valence-electron chi connectivity index (χ4n) is 9.52. The Bertz CT molecular complexity index is 3740. The number of rotatable bonds is 6. The summed E-state index contributed by atoms with van der Waals surface area (Å²) in [5.41, 5.74) is 13.3. The first-order valence-corrected chi connectivity index (χ1v) is 21.2. The fraction of sp³-hybridized carbons (Fsp3) is 0. The zero-order valence-corrected chi connectivity index (χ0v) is 33.9. The van der Waals surface area contributed by atoms with Crippen LogP contribution < -0.4 is 0 Å². The number of furan rings is 1. The highest BCUT2D eigenvalue weighted by atomic mass is 16.3. The van der Waals surface area contributed by atoms with Crippen LogP contribution >= 0.6 is 0 Å². The van der Waals surface area contributed by atoms with Crippen molar-refractivity contribution >= 4 is 65.6 Å². The normalized spacial score (nSPS) is 11.8. The number of hydrogen-bond acceptors (Lipinski definition) is 4. The standard InChI is InChI=1S/C57H35N5O/c1-3-15-36(16-4-1)38-29-31-45-43-21-7-10-25-48(43)61(50(45)34-38)56-58-55(41-20-13-19-40(33-41)42-24-14-28-53-54(42)47-23-9-12-27-52(47)63-53)59-57(60-56)62-49-26-11-8-22-44(49)46-32-30-39(35-51(46)62)37-17-5-2-6-18-37/h1-35H. The van der Waals surface area contributed by atoms with Crippen molar-refractivity contribution in [3.05, 3.63) is 212 Å². The van der Waals surface area contributed by atoms with Gasteiger partial charge in [0.15, 0.2) is 5.82 Å². The minimum absolute atomic E-state index is 0.532. The molecule has 0 bridgehead atoms. The van der Waals surface area contributed by atoms with Gasteiger partial charge in [-0.15, -0.1) is 0 Å². The summed E-state index contributed by atoms with van der Waals surface area (Å²) >= 11 is 0. The highest BCUT2D eigenvalue weighted by Crippen LogP contribution is 2.40. The second-order valence-electron chi connectivity index (χ2n) is 16.0. The lowest BCUT2D eigenvalue weighted by Gasteiger charge is -2.14. The molecule has 0 amide bonds. The van der Waals surface area contributed by atoms with Gasteiger partial charge in [-0.2, -0.15) is 15.0 Å². The van der Waals surface area contributed by atoms with Crippen molar-refractivity contribution in [3.63, 3.8) is 0 Å². The van der Waals surface area contributed by atoms with E-state index in [2.05, 4.69) is 203 Å². The first-order valence-electron chi connectivity index (χ1n) is 21.2. The molecule has 0 N–H and O–H groups in total. The highest BCUT2D eigenvalue weighted by molar-refractivity contribution is 6.13. The van der Waals surface area contributed by atoms with E-state index >= 15 is 0 Å². The van der Waals surface area contributed by atoms with Crippen LogP contribution in [0.5, 0.6) is 0 Å². The van der Waals surface area contributed by atoms with Gasteiger partial charge in [0, 0.05) is 37.9 Å². The molecule has 0 spiro atoms. The van der Waals surface area contributed by atoms with E-state index in [1.165, 1.54) is 0 Å². The third-order valence-electron chi connectivity index (χ3n) is 12.4. The molecular formula is C57H35N5O. The minimum atomic E-state index is 0.532. The summed E-state index contributed by atoms with van der Waals surface area (Å²) in [4.78, 5) is 16.3. The van der Waals surface area contributed by atoms with Crippen molar-refractivity contribution in [2.45, 2.75) is 0 Å². The van der Waals surface area contributed by atoms with Gasteiger partial charge < -0.3 is 4.42 Å². The third-order valence-corrected chi connectivity index (χ3v) is 12.4. The minimum Gasteiger partial charge on any atom is -0.456 e. The van der Waals surface area contributed by atoms with E-state index in [9.17, 15) is 0 Å². The van der Waals surface area contributed by atoms with E-state index in [0.717, 1.165) is 104 Å². The molecule has 6 heteroatoms. The van der Waals surface area contributed by atoms with Crippen LogP contribution in [0.2, 0.25) is 0 Å². The van der Waals surface area contributed by atoms with Gasteiger partial charge in [0.2, 0.25) is 11.9 Å². The van der Waals surface area contributed by atoms with E-state index in [1.54, 1.807) is 0 Å². The average Bonchev–Trinajstić information content (AvgIpc) is 4.02. The molecule has 63 heavy (non-hydrogen) atoms. The maximum absolute atomic E-state index is 6.32. The Morgan fingerprint density at radius 2 is 0.778 bits per heavy atom. The smallest absolute Gasteiger partial charge is 0.240 e. The molecule has 4 aromatic heterocycles. The quantitative estimate of drug-likeness (QED) is 0.168. The zero-order valence-electron chi connectivity index (χ0n) is 33.9. The molecular weight excluding hydrogens is 771 g/mol. The second-order valence-corrected chi connectivity index (χ2v) is 16.0. The van der Waals surface area contributed by atoms with Crippen molar-refractivity contribution in [1.82, 2.24) is 24.1 Å². The van der Waals surface area contributed by atoms with Gasteiger partial charge in [-0.05, 0) is 75.8 Å². The van der Waals surface area contributed by atoms with Crippen molar-refractivity contribution < 1.29 is 4.42 Å². The summed E-state index contributed by atoms with van der Waals surface area (Å²) in [6, 6.07) is 74.5. The number of nitrogens with zero attached hydrogens (tertiary/aromatic N) is 5. The van der Waals surface area contributed by atoms with Gasteiger partial charge in [0.05, 0.1) is 22.1 Å². The Morgan fingerprint density at radius 3 is 1.40 bits per heavy atom. The van der Waals surface area contributed by atoms with Crippen LogP contribution in [0.25, 0.3) is 122 Å². The molecule has 0 atom stereocenters. The van der Waals surface area contributed by atoms with E-state index in [1.807, 2.05) is 18.2 Å². The molecule has 0 radical (unpaired) electrons. The molecule has 294 valence electrons. The van der Waals surface area contributed by atoms with E-state index in [-0.39, 0.29) is 0 Å². The van der Waals surface area contributed by atoms with Crippen LogP contribution in [-0.4, -0.2) is 24.1 Å². The number of hydrogen-bond donors (Lipinski definition) is 0. The summed E-state index contributed by atoms with van der Waals surface area (Å²) in [5.74, 6) is 1.63. The summed E-state index contributed by atoms with van der Waals surface area (Å²) in [7, 11) is 0. The number of benzene rings is 9. The molecule has 4 heterocycles. The summed E-state index contributed by atoms with van der Waals surface area (Å²) in [6.45, 7) is 0. The predicted molar refractivity (Wildman–Crippen MR) is 258 cm³/mol.